The van der Waals surface area contributed by atoms with Crippen LogP contribution in [0.25, 0.3) is 0 Å². The van der Waals surface area contributed by atoms with Gasteiger partial charge in [-0.3, -0.25) is 0 Å². The Kier molecular flexibility index (Phi) is 17.9. The van der Waals surface area contributed by atoms with Crippen LogP contribution in [0.1, 0.15) is 73.6 Å². The summed E-state index contributed by atoms with van der Waals surface area (Å²) in [6.07, 6.45) is 6.73. The van der Waals surface area contributed by atoms with Crippen LogP contribution < -0.4 is 0 Å². The fraction of sp³-hybridized carbons (Fsp3) is 0.302. The summed E-state index contributed by atoms with van der Waals surface area (Å²) >= 11 is 0. The monoisotopic (exact) mass is 606 g/mol. The van der Waals surface area contributed by atoms with Crippen LogP contribution in [0.3, 0.4) is 0 Å². The highest BCUT2D eigenvalue weighted by molar-refractivity contribution is 5.31. The highest BCUT2D eigenvalue weighted by Crippen LogP contribution is 2.25. The van der Waals surface area contributed by atoms with E-state index in [-0.39, 0.29) is 11.6 Å². The first-order valence-electron chi connectivity index (χ1n) is 16.4. The Hall–Kier alpha value is -4.04. The molecule has 0 saturated carbocycles. The number of benzene rings is 5. The van der Waals surface area contributed by atoms with Gasteiger partial charge < -0.3 is 0 Å². The molecule has 45 heavy (non-hydrogen) atoms. The Morgan fingerprint density at radius 1 is 0.467 bits per heavy atom. The van der Waals surface area contributed by atoms with E-state index in [1.807, 2.05) is 26.0 Å². The van der Waals surface area contributed by atoms with Crippen molar-refractivity contribution in [3.63, 3.8) is 0 Å². The van der Waals surface area contributed by atoms with Crippen molar-refractivity contribution >= 4 is 0 Å². The van der Waals surface area contributed by atoms with E-state index >= 15 is 0 Å². The third-order valence-corrected chi connectivity index (χ3v) is 7.62. The van der Waals surface area contributed by atoms with E-state index < -0.39 is 0 Å². The van der Waals surface area contributed by atoms with Crippen molar-refractivity contribution in [2.24, 2.45) is 5.92 Å². The molecule has 0 unspecified atom stereocenters. The van der Waals surface area contributed by atoms with Gasteiger partial charge in [0.2, 0.25) is 0 Å². The summed E-state index contributed by atoms with van der Waals surface area (Å²) < 4.78 is 24.6. The molecule has 0 aromatic heterocycles. The van der Waals surface area contributed by atoms with Gasteiger partial charge in [0.05, 0.1) is 0 Å². The number of rotatable bonds is 4. The molecule has 2 heteroatoms. The second-order valence-corrected chi connectivity index (χ2v) is 11.4. The fourth-order valence-electron chi connectivity index (χ4n) is 4.90. The smallest absolute Gasteiger partial charge is 0.123 e. The number of aryl methyl sites for hydroxylation is 5. The molecule has 0 heterocycles. The van der Waals surface area contributed by atoms with E-state index in [2.05, 4.69) is 100 Å². The zero-order chi connectivity index (χ0) is 32.9. The molecule has 0 atom stereocenters. The molecule has 0 N–H and O–H groups in total. The lowest BCUT2D eigenvalue weighted by Crippen LogP contribution is -1.89. The van der Waals surface area contributed by atoms with E-state index in [1.165, 1.54) is 53.3 Å². The first-order chi connectivity index (χ1) is 21.8. The van der Waals surface area contributed by atoms with E-state index in [0.29, 0.717) is 0 Å². The van der Waals surface area contributed by atoms with Gasteiger partial charge in [-0.1, -0.05) is 143 Å². The summed E-state index contributed by atoms with van der Waals surface area (Å²) in [5.41, 5.74) is 9.55. The van der Waals surface area contributed by atoms with Gasteiger partial charge in [-0.2, -0.15) is 0 Å². The Balaban J connectivity index is 0.000000196. The Labute approximate surface area is 272 Å². The van der Waals surface area contributed by atoms with Gasteiger partial charge in [-0.15, -0.1) is 0 Å². The van der Waals surface area contributed by atoms with Crippen molar-refractivity contribution in [3.8, 4) is 0 Å². The lowest BCUT2D eigenvalue weighted by atomic mass is 10.1. The zero-order valence-electron chi connectivity index (χ0n) is 28.2. The predicted molar refractivity (Wildman–Crippen MR) is 191 cm³/mol. The molecule has 0 amide bonds. The minimum Gasteiger partial charge on any atom is -0.207 e. The van der Waals surface area contributed by atoms with Crippen LogP contribution >= 0.6 is 0 Å². The molecule has 1 aliphatic carbocycles. The highest BCUT2D eigenvalue weighted by Gasteiger charge is 2.15. The molecule has 0 bridgehead atoms. The van der Waals surface area contributed by atoms with Crippen molar-refractivity contribution in [3.05, 3.63) is 178 Å². The summed E-state index contributed by atoms with van der Waals surface area (Å²) in [6.45, 7) is 12.8. The van der Waals surface area contributed by atoms with Crippen molar-refractivity contribution in [1.82, 2.24) is 0 Å². The van der Waals surface area contributed by atoms with Crippen LogP contribution in [0.15, 0.2) is 127 Å². The third-order valence-electron chi connectivity index (χ3n) is 7.62. The minimum atomic E-state index is -0.160. The van der Waals surface area contributed by atoms with Crippen molar-refractivity contribution in [1.29, 1.82) is 0 Å². The maximum absolute atomic E-state index is 12.4. The van der Waals surface area contributed by atoms with E-state index in [1.54, 1.807) is 35.4 Å². The normalized spacial score (nSPS) is 11.2. The van der Waals surface area contributed by atoms with Gasteiger partial charge in [-0.25, -0.2) is 8.78 Å². The summed E-state index contributed by atoms with van der Waals surface area (Å²) in [5, 5.41) is 0. The van der Waals surface area contributed by atoms with Gasteiger partial charge >= 0.3 is 0 Å². The van der Waals surface area contributed by atoms with E-state index in [9.17, 15) is 8.78 Å². The second-order valence-electron chi connectivity index (χ2n) is 11.4. The van der Waals surface area contributed by atoms with E-state index in [4.69, 9.17) is 0 Å². The highest BCUT2D eigenvalue weighted by atomic mass is 19.1. The summed E-state index contributed by atoms with van der Waals surface area (Å²) in [5.74, 6) is 0.568. The number of hydrogen-bond acceptors (Lipinski definition) is 0. The van der Waals surface area contributed by atoms with Crippen molar-refractivity contribution < 1.29 is 8.78 Å². The van der Waals surface area contributed by atoms with Crippen molar-refractivity contribution in [2.75, 3.05) is 0 Å². The van der Waals surface area contributed by atoms with Gasteiger partial charge in [0.1, 0.15) is 11.6 Å². The molecule has 0 spiro atoms. The molecule has 238 valence electrons. The Bertz CT molecular complexity index is 1400. The molecule has 5 aromatic carbocycles. The fourth-order valence-corrected chi connectivity index (χ4v) is 4.90. The zero-order valence-corrected chi connectivity index (χ0v) is 28.2. The number of hydrogen-bond donors (Lipinski definition) is 0. The van der Waals surface area contributed by atoms with Crippen LogP contribution in [0.5, 0.6) is 0 Å². The third kappa shape index (κ3) is 15.5. The van der Waals surface area contributed by atoms with Crippen LogP contribution in [0, 0.1) is 24.5 Å². The average molecular weight is 607 g/mol. The molecule has 0 radical (unpaired) electrons. The van der Waals surface area contributed by atoms with Crippen LogP contribution in [0.2, 0.25) is 0 Å². The summed E-state index contributed by atoms with van der Waals surface area (Å²) in [7, 11) is 0. The van der Waals surface area contributed by atoms with Crippen molar-refractivity contribution in [2.45, 2.75) is 80.1 Å². The van der Waals surface area contributed by atoms with Gasteiger partial charge in [0.25, 0.3) is 0 Å². The second kappa shape index (κ2) is 21.6. The van der Waals surface area contributed by atoms with Crippen LogP contribution in [-0.2, 0) is 38.5 Å². The predicted octanol–water partition coefficient (Wildman–Crippen LogP) is 12.0. The Morgan fingerprint density at radius 3 is 1.33 bits per heavy atom. The maximum atomic E-state index is 12.4. The molecule has 6 rings (SSSR count). The molecule has 0 nitrogen and oxygen atoms in total. The van der Waals surface area contributed by atoms with Crippen LogP contribution in [0.4, 0.5) is 8.78 Å². The number of fused-ring (bicyclic) bond motifs is 1. The first kappa shape index (κ1) is 37.1. The molecule has 0 fully saturated rings. The van der Waals surface area contributed by atoms with Gasteiger partial charge in [0, 0.05) is 0 Å². The summed E-state index contributed by atoms with van der Waals surface area (Å²) in [4.78, 5) is 0. The van der Waals surface area contributed by atoms with Crippen LogP contribution in [-0.4, -0.2) is 0 Å². The molecular formula is C43H52F2. The lowest BCUT2D eigenvalue weighted by molar-refractivity contribution is 0.625. The van der Waals surface area contributed by atoms with Gasteiger partial charge in [-0.05, 0) is 109 Å². The topological polar surface area (TPSA) is 0 Å². The molecule has 0 saturated heterocycles. The first-order valence-corrected chi connectivity index (χ1v) is 16.4. The standard InChI is InChI=1S/C10H12.C9H12.2C8H9F.C8H10/c1-8-6-9-4-2-3-5-10(9)7-8;1-3-9-6-4-5-8(2)7-9;1-2-7-3-5-8(9)6-4-7;1-2-7-4-3-5-8(9)6-7;1-2-8-6-4-3-5-7-8/h2-5,8H,6-7H2,1H3;4-7H,3H2,1-2H3;2*3-6H,2H2,1H3;3-7H,2H2,1H3. The van der Waals surface area contributed by atoms with E-state index in [0.717, 1.165) is 37.2 Å². The Morgan fingerprint density at radius 2 is 0.911 bits per heavy atom. The molecular weight excluding hydrogens is 554 g/mol. The van der Waals surface area contributed by atoms with Gasteiger partial charge in [0.15, 0.2) is 0 Å². The number of halogens is 2. The molecule has 0 aliphatic heterocycles. The SMILES string of the molecule is CC1Cc2ccccc2C1.CCc1ccc(F)cc1.CCc1cccc(C)c1.CCc1cccc(F)c1.CCc1ccccc1. The quantitative estimate of drug-likeness (QED) is 0.191. The molecule has 1 aliphatic rings. The minimum absolute atomic E-state index is 0.144. The summed E-state index contributed by atoms with van der Waals surface area (Å²) in [6, 6.07) is 41.1. The average Bonchev–Trinajstić information content (AvgIpc) is 3.47. The molecule has 5 aromatic rings. The lowest BCUT2D eigenvalue weighted by Gasteiger charge is -1.95. The largest absolute Gasteiger partial charge is 0.207 e. The maximum Gasteiger partial charge on any atom is 0.123 e.